The monoisotopic (exact) mass is 390 g/mol. The maximum absolute atomic E-state index is 13.3. The lowest BCUT2D eigenvalue weighted by molar-refractivity contribution is 0.0600. The van der Waals surface area contributed by atoms with Crippen LogP contribution in [-0.2, 0) is 4.74 Å². The van der Waals surface area contributed by atoms with Crippen molar-refractivity contribution in [3.63, 3.8) is 0 Å². The molecular weight excluding hydrogens is 368 g/mol. The molecule has 0 saturated heterocycles. The predicted octanol–water partition coefficient (Wildman–Crippen LogP) is 4.01. The van der Waals surface area contributed by atoms with Gasteiger partial charge in [0.1, 0.15) is 0 Å². The van der Waals surface area contributed by atoms with Crippen LogP contribution in [0, 0.1) is 13.8 Å². The highest BCUT2D eigenvalue weighted by atomic mass is 16.5. The molecule has 148 valence electrons. The first-order chi connectivity index (χ1) is 13.8. The summed E-state index contributed by atoms with van der Waals surface area (Å²) in [5.41, 5.74) is 6.41. The topological polar surface area (TPSA) is 69.8 Å². The quantitative estimate of drug-likeness (QED) is 0.634. The number of nitrogens with zero attached hydrogens (tertiary/aromatic N) is 2. The number of benzene rings is 1. The molecule has 0 fully saturated rings. The lowest BCUT2D eigenvalue weighted by Gasteiger charge is -2.07. The van der Waals surface area contributed by atoms with E-state index in [-0.39, 0.29) is 11.6 Å². The molecule has 1 aliphatic rings. The van der Waals surface area contributed by atoms with Crippen molar-refractivity contribution >= 4 is 23.0 Å². The molecule has 3 heterocycles. The number of hydrogen-bond donors (Lipinski definition) is 0. The molecule has 29 heavy (non-hydrogen) atoms. The molecule has 0 radical (unpaired) electrons. The summed E-state index contributed by atoms with van der Waals surface area (Å²) in [6.07, 6.45) is 0.681. The summed E-state index contributed by atoms with van der Waals surface area (Å²) >= 11 is 0. The number of aryl methyl sites for hydroxylation is 2. The van der Waals surface area contributed by atoms with E-state index >= 15 is 0 Å². The van der Waals surface area contributed by atoms with E-state index in [9.17, 15) is 14.4 Å². The first kappa shape index (κ1) is 18.9. The summed E-state index contributed by atoms with van der Waals surface area (Å²) in [5, 5.41) is 0. The number of esters is 1. The molecular formula is C23H22N2O4. The van der Waals surface area contributed by atoms with Crippen LogP contribution in [0.4, 0.5) is 0 Å². The highest BCUT2D eigenvalue weighted by molar-refractivity contribution is 6.08. The molecule has 0 spiro atoms. The van der Waals surface area contributed by atoms with E-state index in [1.807, 2.05) is 32.9 Å². The van der Waals surface area contributed by atoms with Gasteiger partial charge in [-0.1, -0.05) is 19.1 Å². The van der Waals surface area contributed by atoms with Gasteiger partial charge in [-0.15, -0.1) is 0 Å². The van der Waals surface area contributed by atoms with E-state index in [0.717, 1.165) is 33.5 Å². The molecule has 2 aromatic heterocycles. The Labute approximate surface area is 168 Å². The summed E-state index contributed by atoms with van der Waals surface area (Å²) in [6, 6.07) is 9.07. The van der Waals surface area contributed by atoms with E-state index < -0.39 is 5.97 Å². The normalized spacial score (nSPS) is 13.3. The van der Waals surface area contributed by atoms with Crippen LogP contribution in [0.2, 0.25) is 0 Å². The van der Waals surface area contributed by atoms with Crippen molar-refractivity contribution in [3.8, 4) is 11.1 Å². The highest BCUT2D eigenvalue weighted by Gasteiger charge is 2.29. The number of allylic oxidation sites excluding steroid dienone is 2. The number of carbonyl (C=O) groups excluding carboxylic acids is 2. The highest BCUT2D eigenvalue weighted by Crippen LogP contribution is 2.35. The average Bonchev–Trinajstić information content (AvgIpc) is 3.12. The summed E-state index contributed by atoms with van der Waals surface area (Å²) in [4.78, 5) is 37.9. The van der Waals surface area contributed by atoms with Gasteiger partial charge in [0.2, 0.25) is 0 Å². The third kappa shape index (κ3) is 2.52. The van der Waals surface area contributed by atoms with Crippen molar-refractivity contribution in [1.82, 2.24) is 8.97 Å². The number of fused-ring (bicyclic) bond motifs is 2. The molecule has 0 aliphatic carbocycles. The minimum atomic E-state index is -0.413. The van der Waals surface area contributed by atoms with E-state index in [1.165, 1.54) is 11.7 Å². The van der Waals surface area contributed by atoms with Gasteiger partial charge in [0, 0.05) is 16.8 Å². The smallest absolute Gasteiger partial charge is 0.340 e. The zero-order valence-electron chi connectivity index (χ0n) is 17.1. The van der Waals surface area contributed by atoms with E-state index in [0.29, 0.717) is 23.3 Å². The summed E-state index contributed by atoms with van der Waals surface area (Å²) in [6.45, 7) is 7.57. The number of rotatable bonds is 3. The zero-order valence-corrected chi connectivity index (χ0v) is 17.1. The Morgan fingerprint density at radius 2 is 1.83 bits per heavy atom. The molecule has 1 aliphatic heterocycles. The SMILES string of the molecule is CCC1=C(C)C(=O)n2c1cc1c(C)c(-c3cccc(C(=O)OC)c3)c(C)n1c2=O. The minimum Gasteiger partial charge on any atom is -0.465 e. The second-order valence-corrected chi connectivity index (χ2v) is 7.29. The molecule has 0 N–H and O–H groups in total. The van der Waals surface area contributed by atoms with Crippen LogP contribution in [0.5, 0.6) is 0 Å². The van der Waals surface area contributed by atoms with Crippen LogP contribution in [0.3, 0.4) is 0 Å². The van der Waals surface area contributed by atoms with E-state index in [1.54, 1.807) is 29.5 Å². The standard InChI is InChI=1S/C23H22N2O4/c1-6-17-12(2)21(26)25-19(17)11-18-13(3)20(14(4)24(18)23(25)28)15-8-7-9-16(10-15)22(27)29-5/h7-11H,6H2,1-5H3. The van der Waals surface area contributed by atoms with Crippen molar-refractivity contribution in [2.75, 3.05) is 7.11 Å². The fourth-order valence-corrected chi connectivity index (χ4v) is 4.37. The molecule has 0 amide bonds. The Balaban J connectivity index is 2.04. The number of ether oxygens (including phenoxy) is 1. The number of carbonyl (C=O) groups is 2. The van der Waals surface area contributed by atoms with Gasteiger partial charge in [0.15, 0.2) is 0 Å². The van der Waals surface area contributed by atoms with Crippen molar-refractivity contribution < 1.29 is 14.3 Å². The lowest BCUT2D eigenvalue weighted by Crippen LogP contribution is -2.31. The van der Waals surface area contributed by atoms with Gasteiger partial charge in [0.25, 0.3) is 5.91 Å². The van der Waals surface area contributed by atoms with Gasteiger partial charge in [-0.25, -0.2) is 14.2 Å². The molecule has 3 aromatic rings. The Hall–Kier alpha value is -3.41. The largest absolute Gasteiger partial charge is 0.465 e. The second-order valence-electron chi connectivity index (χ2n) is 7.29. The number of hydrogen-bond acceptors (Lipinski definition) is 4. The Morgan fingerprint density at radius 3 is 2.48 bits per heavy atom. The van der Waals surface area contributed by atoms with Crippen LogP contribution < -0.4 is 5.69 Å². The molecule has 4 rings (SSSR count). The van der Waals surface area contributed by atoms with Crippen LogP contribution in [-0.4, -0.2) is 28.0 Å². The van der Waals surface area contributed by atoms with E-state index in [2.05, 4.69) is 0 Å². The van der Waals surface area contributed by atoms with Crippen LogP contribution in [0.1, 0.15) is 52.4 Å². The Morgan fingerprint density at radius 1 is 1.10 bits per heavy atom. The molecule has 0 bridgehead atoms. The van der Waals surface area contributed by atoms with Crippen LogP contribution in [0.25, 0.3) is 22.2 Å². The van der Waals surface area contributed by atoms with Gasteiger partial charge in [-0.2, -0.15) is 0 Å². The van der Waals surface area contributed by atoms with Crippen molar-refractivity contribution in [2.24, 2.45) is 0 Å². The van der Waals surface area contributed by atoms with Crippen molar-refractivity contribution in [1.29, 1.82) is 0 Å². The lowest BCUT2D eigenvalue weighted by atomic mass is 9.99. The third-order valence-corrected chi connectivity index (χ3v) is 5.81. The molecule has 0 unspecified atom stereocenters. The first-order valence-corrected chi connectivity index (χ1v) is 9.53. The Kier molecular flexibility index (Phi) is 4.30. The number of aromatic nitrogens is 2. The van der Waals surface area contributed by atoms with E-state index in [4.69, 9.17) is 4.74 Å². The average molecular weight is 390 g/mol. The third-order valence-electron chi connectivity index (χ3n) is 5.81. The maximum Gasteiger partial charge on any atom is 0.340 e. The van der Waals surface area contributed by atoms with Crippen molar-refractivity contribution in [2.45, 2.75) is 34.1 Å². The molecule has 0 saturated carbocycles. The summed E-state index contributed by atoms with van der Waals surface area (Å²) < 4.78 is 7.68. The fraction of sp³-hybridized carbons (Fsp3) is 0.261. The van der Waals surface area contributed by atoms with Crippen LogP contribution in [0.15, 0.2) is 40.7 Å². The van der Waals surface area contributed by atoms with Crippen molar-refractivity contribution in [3.05, 3.63) is 68.9 Å². The minimum absolute atomic E-state index is 0.260. The fourth-order valence-electron chi connectivity index (χ4n) is 4.37. The molecule has 0 atom stereocenters. The maximum atomic E-state index is 13.3. The van der Waals surface area contributed by atoms with Crippen LogP contribution >= 0.6 is 0 Å². The Bertz CT molecular complexity index is 1300. The van der Waals surface area contributed by atoms with Gasteiger partial charge in [-0.05, 0) is 62.1 Å². The van der Waals surface area contributed by atoms with Gasteiger partial charge in [-0.3, -0.25) is 9.20 Å². The zero-order chi connectivity index (χ0) is 21.0. The summed E-state index contributed by atoms with van der Waals surface area (Å²) in [7, 11) is 1.35. The molecule has 6 heteroatoms. The van der Waals surface area contributed by atoms with Gasteiger partial charge < -0.3 is 4.74 Å². The van der Waals surface area contributed by atoms with Gasteiger partial charge in [0.05, 0.1) is 23.9 Å². The van der Waals surface area contributed by atoms with Gasteiger partial charge >= 0.3 is 11.7 Å². The summed E-state index contributed by atoms with van der Waals surface area (Å²) in [5.74, 6) is -0.674. The molecule has 1 aromatic carbocycles. The molecule has 6 nitrogen and oxygen atoms in total. The second kappa shape index (κ2) is 6.58. The first-order valence-electron chi connectivity index (χ1n) is 9.53. The predicted molar refractivity (Wildman–Crippen MR) is 111 cm³/mol. The number of methoxy groups -OCH3 is 1.